The van der Waals surface area contributed by atoms with E-state index in [2.05, 4.69) is 43.4 Å². The molecule has 1 atom stereocenters. The number of ether oxygens (including phenoxy) is 1. The first-order valence-electron chi connectivity index (χ1n) is 6.57. The monoisotopic (exact) mass is 235 g/mol. The third kappa shape index (κ3) is 5.33. The molecule has 0 aliphatic carbocycles. The highest BCUT2D eigenvalue weighted by Gasteiger charge is 2.03. The topological polar surface area (TPSA) is 21.3 Å². The molecule has 0 saturated heterocycles. The molecule has 17 heavy (non-hydrogen) atoms. The average Bonchev–Trinajstić information content (AvgIpc) is 2.32. The minimum Gasteiger partial charge on any atom is -0.376 e. The second-order valence-electron chi connectivity index (χ2n) is 4.71. The Morgan fingerprint density at radius 1 is 1.24 bits per heavy atom. The molecule has 1 N–H and O–H groups in total. The van der Waals surface area contributed by atoms with Crippen molar-refractivity contribution in [2.75, 3.05) is 13.7 Å². The van der Waals surface area contributed by atoms with Crippen LogP contribution in [0.1, 0.15) is 37.8 Å². The minimum absolute atomic E-state index is 0.663. The first-order valence-corrected chi connectivity index (χ1v) is 6.57. The molecule has 0 amide bonds. The van der Waals surface area contributed by atoms with E-state index in [9.17, 15) is 0 Å². The van der Waals surface area contributed by atoms with Crippen molar-refractivity contribution in [3.63, 3.8) is 0 Å². The summed E-state index contributed by atoms with van der Waals surface area (Å²) in [5.41, 5.74) is 2.63. The molecule has 2 heteroatoms. The molecule has 0 bridgehead atoms. The lowest BCUT2D eigenvalue weighted by atomic mass is 10.1. The zero-order valence-corrected chi connectivity index (χ0v) is 11.3. The molecule has 0 heterocycles. The molecule has 1 unspecified atom stereocenters. The average molecular weight is 235 g/mol. The molecule has 0 aromatic heterocycles. The smallest absolute Gasteiger partial charge is 0.0720 e. The van der Waals surface area contributed by atoms with Crippen molar-refractivity contribution in [2.24, 2.45) is 5.92 Å². The second kappa shape index (κ2) is 8.26. The quantitative estimate of drug-likeness (QED) is 0.746. The third-order valence-corrected chi connectivity index (χ3v) is 2.93. The van der Waals surface area contributed by atoms with Crippen molar-refractivity contribution in [1.82, 2.24) is 5.32 Å². The largest absolute Gasteiger partial charge is 0.376 e. The van der Waals surface area contributed by atoms with Gasteiger partial charge in [-0.15, -0.1) is 0 Å². The molecule has 2 nitrogen and oxygen atoms in total. The molecule has 0 spiro atoms. The normalized spacial score (nSPS) is 12.6. The van der Waals surface area contributed by atoms with E-state index in [1.807, 2.05) is 7.05 Å². The number of benzene rings is 1. The van der Waals surface area contributed by atoms with Gasteiger partial charge in [-0.25, -0.2) is 0 Å². The lowest BCUT2D eigenvalue weighted by Crippen LogP contribution is -2.10. The van der Waals surface area contributed by atoms with Crippen LogP contribution in [-0.2, 0) is 17.9 Å². The van der Waals surface area contributed by atoms with Gasteiger partial charge in [-0.2, -0.15) is 0 Å². The summed E-state index contributed by atoms with van der Waals surface area (Å²) >= 11 is 0. The minimum atomic E-state index is 0.663. The van der Waals surface area contributed by atoms with Crippen LogP contribution in [0.15, 0.2) is 24.3 Å². The Morgan fingerprint density at radius 3 is 2.59 bits per heavy atom. The predicted molar refractivity (Wildman–Crippen MR) is 72.9 cm³/mol. The van der Waals surface area contributed by atoms with E-state index < -0.39 is 0 Å². The summed E-state index contributed by atoms with van der Waals surface area (Å²) in [6, 6.07) is 8.46. The molecular weight excluding hydrogens is 210 g/mol. The molecular formula is C15H25NO. The van der Waals surface area contributed by atoms with Crippen LogP contribution < -0.4 is 5.32 Å². The highest BCUT2D eigenvalue weighted by molar-refractivity contribution is 5.26. The van der Waals surface area contributed by atoms with E-state index in [0.717, 1.165) is 19.8 Å². The van der Waals surface area contributed by atoms with Crippen LogP contribution >= 0.6 is 0 Å². The number of rotatable bonds is 8. The van der Waals surface area contributed by atoms with Gasteiger partial charge in [-0.1, -0.05) is 44.5 Å². The SMILES string of the molecule is CCCC(C)COCc1ccccc1CNC. The first-order chi connectivity index (χ1) is 8.27. The van der Waals surface area contributed by atoms with Gasteiger partial charge in [-0.3, -0.25) is 0 Å². The van der Waals surface area contributed by atoms with Crippen LogP contribution in [-0.4, -0.2) is 13.7 Å². The summed E-state index contributed by atoms with van der Waals surface area (Å²) in [7, 11) is 1.97. The van der Waals surface area contributed by atoms with Crippen molar-refractivity contribution in [2.45, 2.75) is 39.8 Å². The summed E-state index contributed by atoms with van der Waals surface area (Å²) in [6.07, 6.45) is 2.49. The number of hydrogen-bond acceptors (Lipinski definition) is 2. The van der Waals surface area contributed by atoms with E-state index >= 15 is 0 Å². The molecule has 1 rings (SSSR count). The van der Waals surface area contributed by atoms with Gasteiger partial charge in [0.05, 0.1) is 6.61 Å². The van der Waals surface area contributed by atoms with E-state index in [1.54, 1.807) is 0 Å². The molecule has 1 aromatic rings. The summed E-state index contributed by atoms with van der Waals surface area (Å²) in [4.78, 5) is 0. The van der Waals surface area contributed by atoms with Gasteiger partial charge in [-0.05, 0) is 30.5 Å². The van der Waals surface area contributed by atoms with E-state index in [4.69, 9.17) is 4.74 Å². The fourth-order valence-corrected chi connectivity index (χ4v) is 2.01. The van der Waals surface area contributed by atoms with Crippen molar-refractivity contribution < 1.29 is 4.74 Å². The Bertz CT molecular complexity index is 312. The number of nitrogens with one attached hydrogen (secondary N) is 1. The van der Waals surface area contributed by atoms with E-state index in [1.165, 1.54) is 24.0 Å². The van der Waals surface area contributed by atoms with Crippen LogP contribution in [0, 0.1) is 5.92 Å². The summed E-state index contributed by atoms with van der Waals surface area (Å²) in [5, 5.41) is 3.19. The van der Waals surface area contributed by atoms with Gasteiger partial charge in [0, 0.05) is 13.2 Å². The van der Waals surface area contributed by atoms with Gasteiger partial charge in [0.15, 0.2) is 0 Å². The predicted octanol–water partition coefficient (Wildman–Crippen LogP) is 3.36. The fraction of sp³-hybridized carbons (Fsp3) is 0.600. The van der Waals surface area contributed by atoms with Crippen LogP contribution in [0.25, 0.3) is 0 Å². The Balaban J connectivity index is 2.40. The Hall–Kier alpha value is -0.860. The Labute approximate surface area is 105 Å². The van der Waals surface area contributed by atoms with Crippen molar-refractivity contribution in [3.05, 3.63) is 35.4 Å². The molecule has 96 valence electrons. The van der Waals surface area contributed by atoms with E-state index in [0.29, 0.717) is 5.92 Å². The fourth-order valence-electron chi connectivity index (χ4n) is 2.01. The van der Waals surface area contributed by atoms with Crippen LogP contribution in [0.4, 0.5) is 0 Å². The summed E-state index contributed by atoms with van der Waals surface area (Å²) in [5.74, 6) is 0.663. The second-order valence-corrected chi connectivity index (χ2v) is 4.71. The van der Waals surface area contributed by atoms with Gasteiger partial charge in [0.2, 0.25) is 0 Å². The summed E-state index contributed by atoms with van der Waals surface area (Å²) in [6.45, 7) is 6.97. The molecule has 0 aliphatic rings. The molecule has 0 radical (unpaired) electrons. The van der Waals surface area contributed by atoms with Crippen LogP contribution in [0.5, 0.6) is 0 Å². The Kier molecular flexibility index (Phi) is 6.90. The standard InChI is InChI=1S/C15H25NO/c1-4-7-13(2)11-17-12-15-9-6-5-8-14(15)10-16-3/h5-6,8-9,13,16H,4,7,10-12H2,1-3H3. The van der Waals surface area contributed by atoms with E-state index in [-0.39, 0.29) is 0 Å². The maximum Gasteiger partial charge on any atom is 0.0720 e. The Morgan fingerprint density at radius 2 is 1.94 bits per heavy atom. The molecule has 1 aromatic carbocycles. The van der Waals surface area contributed by atoms with Gasteiger partial charge < -0.3 is 10.1 Å². The van der Waals surface area contributed by atoms with Gasteiger partial charge in [0.25, 0.3) is 0 Å². The van der Waals surface area contributed by atoms with Gasteiger partial charge in [0.1, 0.15) is 0 Å². The summed E-state index contributed by atoms with van der Waals surface area (Å²) < 4.78 is 5.79. The number of hydrogen-bond donors (Lipinski definition) is 1. The molecule has 0 saturated carbocycles. The highest BCUT2D eigenvalue weighted by Crippen LogP contribution is 2.12. The van der Waals surface area contributed by atoms with Crippen molar-refractivity contribution in [1.29, 1.82) is 0 Å². The zero-order chi connectivity index (χ0) is 12.5. The maximum atomic E-state index is 5.79. The van der Waals surface area contributed by atoms with Crippen LogP contribution in [0.2, 0.25) is 0 Å². The zero-order valence-electron chi connectivity index (χ0n) is 11.3. The van der Waals surface area contributed by atoms with Gasteiger partial charge >= 0.3 is 0 Å². The third-order valence-electron chi connectivity index (χ3n) is 2.93. The van der Waals surface area contributed by atoms with Crippen molar-refractivity contribution >= 4 is 0 Å². The van der Waals surface area contributed by atoms with Crippen molar-refractivity contribution in [3.8, 4) is 0 Å². The lowest BCUT2D eigenvalue weighted by Gasteiger charge is -2.13. The first kappa shape index (κ1) is 14.2. The highest BCUT2D eigenvalue weighted by atomic mass is 16.5. The molecule has 0 aliphatic heterocycles. The molecule has 0 fully saturated rings. The lowest BCUT2D eigenvalue weighted by molar-refractivity contribution is 0.0888. The maximum absolute atomic E-state index is 5.79. The van der Waals surface area contributed by atoms with Crippen LogP contribution in [0.3, 0.4) is 0 Å².